The average molecular weight is 462 g/mol. The van der Waals surface area contributed by atoms with Crippen molar-refractivity contribution in [1.29, 1.82) is 0 Å². The van der Waals surface area contributed by atoms with Crippen LogP contribution in [-0.2, 0) is 4.74 Å². The van der Waals surface area contributed by atoms with Crippen molar-refractivity contribution in [2.45, 2.75) is 20.0 Å². The molecule has 4 rings (SSSR count). The van der Waals surface area contributed by atoms with E-state index in [-0.39, 0.29) is 5.95 Å². The van der Waals surface area contributed by atoms with Crippen molar-refractivity contribution in [2.75, 3.05) is 31.3 Å². The third-order valence-corrected chi connectivity index (χ3v) is 4.12. The molecule has 0 radical (unpaired) electrons. The van der Waals surface area contributed by atoms with Gasteiger partial charge in [0.05, 0.1) is 23.8 Å². The summed E-state index contributed by atoms with van der Waals surface area (Å²) in [6.45, 7) is 4.61. The van der Waals surface area contributed by atoms with Crippen molar-refractivity contribution < 1.29 is 14.4 Å². The first-order valence-electron chi connectivity index (χ1n) is 10.2. The van der Waals surface area contributed by atoms with E-state index in [2.05, 4.69) is 54.6 Å². The molecule has 1 aromatic carbocycles. The number of hydrogen-bond acceptors (Lipinski definition) is 9. The SMILES string of the molecule is C#C.COCCNc1nc2ccc(C#C[C@@H](C)O)cc2n1-c1ccnc(N)n1.Cc1ccno1. The fraction of sp³-hybridized carbons (Fsp3) is 0.250. The molecule has 10 heteroatoms. The van der Waals surface area contributed by atoms with Gasteiger partial charge in [0.25, 0.3) is 0 Å². The molecule has 0 amide bonds. The molecule has 0 saturated heterocycles. The minimum Gasteiger partial charge on any atom is -0.383 e. The summed E-state index contributed by atoms with van der Waals surface area (Å²) in [4.78, 5) is 12.9. The lowest BCUT2D eigenvalue weighted by Crippen LogP contribution is -2.12. The van der Waals surface area contributed by atoms with Crippen molar-refractivity contribution >= 4 is 22.9 Å². The number of aromatic nitrogens is 5. The number of aliphatic hydroxyl groups excluding tert-OH is 1. The molecule has 4 N–H and O–H groups in total. The van der Waals surface area contributed by atoms with Crippen LogP contribution in [0.2, 0.25) is 0 Å². The molecule has 0 aliphatic carbocycles. The minimum atomic E-state index is -0.691. The lowest BCUT2D eigenvalue weighted by molar-refractivity contribution is 0.210. The van der Waals surface area contributed by atoms with Gasteiger partial charge in [0.2, 0.25) is 11.9 Å². The van der Waals surface area contributed by atoms with Crippen molar-refractivity contribution in [1.82, 2.24) is 24.7 Å². The zero-order valence-corrected chi connectivity index (χ0v) is 19.3. The Bertz CT molecular complexity index is 1250. The molecule has 34 heavy (non-hydrogen) atoms. The Balaban J connectivity index is 0.000000437. The number of nitrogens with one attached hydrogen (secondary N) is 1. The molecule has 3 heterocycles. The zero-order chi connectivity index (χ0) is 24.9. The quantitative estimate of drug-likeness (QED) is 0.302. The Kier molecular flexibility index (Phi) is 10.1. The predicted molar refractivity (Wildman–Crippen MR) is 131 cm³/mol. The number of fused-ring (bicyclic) bond motifs is 1. The summed E-state index contributed by atoms with van der Waals surface area (Å²) in [6.07, 6.45) is 10.5. The second-order valence-electron chi connectivity index (χ2n) is 6.74. The van der Waals surface area contributed by atoms with Crippen LogP contribution in [0.5, 0.6) is 0 Å². The van der Waals surface area contributed by atoms with Gasteiger partial charge >= 0.3 is 0 Å². The number of aryl methyl sites for hydroxylation is 1. The highest BCUT2D eigenvalue weighted by Gasteiger charge is 2.14. The second kappa shape index (κ2) is 13.2. The third-order valence-electron chi connectivity index (χ3n) is 4.12. The third kappa shape index (κ3) is 7.35. The van der Waals surface area contributed by atoms with E-state index in [0.29, 0.717) is 24.9 Å². The standard InChI is InChI=1S/C18H20N6O2.C4H5NO.C2H2/c1-12(25)3-4-13-5-6-14-15(11-13)24(16-7-8-20-17(19)23-16)18(22-14)21-9-10-26-2;1-4-2-3-5-6-4;1-2/h5-8,11-12,25H,9-10H2,1-2H3,(H,21,22)(H2,19,20,23);2-3H,1H3;1-2H/t12-;;/m1../s1. The summed E-state index contributed by atoms with van der Waals surface area (Å²) in [6, 6.07) is 9.21. The molecule has 0 aliphatic heterocycles. The highest BCUT2D eigenvalue weighted by Crippen LogP contribution is 2.24. The van der Waals surface area contributed by atoms with Gasteiger partial charge in [0.1, 0.15) is 17.7 Å². The Labute approximate surface area is 198 Å². The molecular weight excluding hydrogens is 434 g/mol. The van der Waals surface area contributed by atoms with Gasteiger partial charge in [-0.1, -0.05) is 17.0 Å². The van der Waals surface area contributed by atoms with Crippen molar-refractivity contribution in [3.63, 3.8) is 0 Å². The smallest absolute Gasteiger partial charge is 0.221 e. The molecule has 0 spiro atoms. The number of nitrogens with two attached hydrogens (primary N) is 1. The topological polar surface area (TPSA) is 137 Å². The maximum absolute atomic E-state index is 9.37. The maximum Gasteiger partial charge on any atom is 0.221 e. The molecule has 0 saturated carbocycles. The van der Waals surface area contributed by atoms with Gasteiger partial charge in [-0.15, -0.1) is 12.8 Å². The van der Waals surface area contributed by atoms with E-state index in [9.17, 15) is 5.11 Å². The van der Waals surface area contributed by atoms with E-state index in [1.54, 1.807) is 38.6 Å². The van der Waals surface area contributed by atoms with Gasteiger partial charge in [-0.2, -0.15) is 4.98 Å². The lowest BCUT2D eigenvalue weighted by Gasteiger charge is -2.10. The molecule has 0 bridgehead atoms. The molecule has 10 nitrogen and oxygen atoms in total. The van der Waals surface area contributed by atoms with E-state index in [1.165, 1.54) is 0 Å². The zero-order valence-electron chi connectivity index (χ0n) is 19.3. The number of hydrogen-bond donors (Lipinski definition) is 3. The Morgan fingerprint density at radius 2 is 2.03 bits per heavy atom. The van der Waals surface area contributed by atoms with Gasteiger partial charge in [0.15, 0.2) is 0 Å². The second-order valence-corrected chi connectivity index (χ2v) is 6.74. The van der Waals surface area contributed by atoms with Gasteiger partial charge in [0, 0.05) is 37.5 Å². The molecule has 176 valence electrons. The highest BCUT2D eigenvalue weighted by atomic mass is 16.5. The van der Waals surface area contributed by atoms with Gasteiger partial charge in [-0.3, -0.25) is 4.57 Å². The number of imidazole rings is 1. The molecule has 0 aliphatic rings. The number of benzene rings is 1. The minimum absolute atomic E-state index is 0.178. The van der Waals surface area contributed by atoms with E-state index in [0.717, 1.165) is 22.4 Å². The van der Waals surface area contributed by atoms with E-state index in [4.69, 9.17) is 10.5 Å². The summed E-state index contributed by atoms with van der Waals surface area (Å²) >= 11 is 0. The maximum atomic E-state index is 9.37. The van der Waals surface area contributed by atoms with Crippen LogP contribution in [0.3, 0.4) is 0 Å². The number of rotatable bonds is 5. The molecule has 3 aromatic heterocycles. The van der Waals surface area contributed by atoms with Crippen LogP contribution in [0.4, 0.5) is 11.9 Å². The highest BCUT2D eigenvalue weighted by molar-refractivity contribution is 5.82. The van der Waals surface area contributed by atoms with Crippen LogP contribution < -0.4 is 11.1 Å². The summed E-state index contributed by atoms with van der Waals surface area (Å²) in [7, 11) is 1.64. The Hall–Kier alpha value is -4.38. The number of nitrogen functional groups attached to an aromatic ring is 1. The number of anilines is 2. The van der Waals surface area contributed by atoms with Crippen LogP contribution in [-0.4, -0.2) is 56.1 Å². The molecule has 4 aromatic rings. The number of nitrogens with zero attached hydrogens (tertiary/aromatic N) is 5. The van der Waals surface area contributed by atoms with E-state index < -0.39 is 6.10 Å². The van der Waals surface area contributed by atoms with Gasteiger partial charge in [-0.05, 0) is 32.0 Å². The molecule has 1 atom stereocenters. The summed E-state index contributed by atoms with van der Waals surface area (Å²) < 4.78 is 11.5. The van der Waals surface area contributed by atoms with Crippen LogP contribution in [0.25, 0.3) is 16.9 Å². The van der Waals surface area contributed by atoms with Crippen LogP contribution in [0.15, 0.2) is 47.2 Å². The molecule has 0 unspecified atom stereocenters. The van der Waals surface area contributed by atoms with Crippen LogP contribution in [0, 0.1) is 31.6 Å². The lowest BCUT2D eigenvalue weighted by atomic mass is 10.2. The predicted octanol–water partition coefficient (Wildman–Crippen LogP) is 2.42. The van der Waals surface area contributed by atoms with Gasteiger partial charge in [-0.25, -0.2) is 9.97 Å². The van der Waals surface area contributed by atoms with Crippen LogP contribution >= 0.6 is 0 Å². The first-order chi connectivity index (χ1) is 16.5. The number of aliphatic hydroxyl groups is 1. The first-order valence-corrected chi connectivity index (χ1v) is 10.2. The normalized spacial score (nSPS) is 10.6. The largest absolute Gasteiger partial charge is 0.383 e. The summed E-state index contributed by atoms with van der Waals surface area (Å²) in [5.74, 6) is 7.94. The van der Waals surface area contributed by atoms with E-state index in [1.807, 2.05) is 29.7 Å². The van der Waals surface area contributed by atoms with E-state index >= 15 is 0 Å². The summed E-state index contributed by atoms with van der Waals surface area (Å²) in [5.41, 5.74) is 8.12. The summed E-state index contributed by atoms with van der Waals surface area (Å²) in [5, 5.41) is 16.1. The fourth-order valence-corrected chi connectivity index (χ4v) is 2.72. The first kappa shape index (κ1) is 25.9. The van der Waals surface area contributed by atoms with Gasteiger partial charge < -0.3 is 25.4 Å². The number of terminal acetylenes is 1. The Morgan fingerprint density at radius 3 is 2.62 bits per heavy atom. The number of methoxy groups -OCH3 is 1. The number of ether oxygens (including phenoxy) is 1. The average Bonchev–Trinajstić information content (AvgIpc) is 3.45. The van der Waals surface area contributed by atoms with Crippen molar-refractivity contribution in [3.05, 3.63) is 54.0 Å². The molecule has 0 fully saturated rings. The van der Waals surface area contributed by atoms with Crippen molar-refractivity contribution in [3.8, 4) is 30.5 Å². The van der Waals surface area contributed by atoms with Crippen LogP contribution in [0.1, 0.15) is 18.2 Å². The Morgan fingerprint density at radius 1 is 1.24 bits per heavy atom. The van der Waals surface area contributed by atoms with Crippen molar-refractivity contribution in [2.24, 2.45) is 0 Å². The monoisotopic (exact) mass is 461 g/mol. The molecular formula is C24H27N7O3. The fourth-order valence-electron chi connectivity index (χ4n) is 2.72.